The Hall–Kier alpha value is -1.09. The van der Waals surface area contributed by atoms with E-state index in [9.17, 15) is 4.79 Å². The van der Waals surface area contributed by atoms with Crippen molar-refractivity contribution in [3.8, 4) is 0 Å². The maximum absolute atomic E-state index is 11.0. The van der Waals surface area contributed by atoms with Gasteiger partial charge in [0, 0.05) is 0 Å². The van der Waals surface area contributed by atoms with Crippen molar-refractivity contribution in [2.24, 2.45) is 0 Å². The zero-order valence-electron chi connectivity index (χ0n) is 8.21. The lowest BCUT2D eigenvalue weighted by molar-refractivity contribution is -0.144. The average Bonchev–Trinajstić information content (AvgIpc) is 2.05. The second kappa shape index (κ2) is 7.55. The second-order valence-corrected chi connectivity index (χ2v) is 2.50. The van der Waals surface area contributed by atoms with Crippen LogP contribution >= 0.6 is 0 Å². The Morgan fingerprint density at radius 2 is 2.23 bits per heavy atom. The number of hydrogen-bond donors (Lipinski definition) is 0. The summed E-state index contributed by atoms with van der Waals surface area (Å²) in [5, 5.41) is 0. The van der Waals surface area contributed by atoms with Crippen molar-refractivity contribution in [2.75, 3.05) is 13.2 Å². The lowest BCUT2D eigenvalue weighted by Crippen LogP contribution is -2.11. The molecule has 0 N–H and O–H groups in total. The van der Waals surface area contributed by atoms with Crippen molar-refractivity contribution >= 4 is 5.97 Å². The van der Waals surface area contributed by atoms with Gasteiger partial charge in [-0.2, -0.15) is 0 Å². The first-order valence-electron chi connectivity index (χ1n) is 4.26. The van der Waals surface area contributed by atoms with Crippen LogP contribution in [0.5, 0.6) is 0 Å². The first-order chi connectivity index (χ1) is 6.20. The van der Waals surface area contributed by atoms with Crippen LogP contribution in [0.15, 0.2) is 24.5 Å². The SMILES string of the molecule is C=CCOCC(=O)O/C(C)=C/CC. The zero-order valence-corrected chi connectivity index (χ0v) is 8.21. The highest BCUT2D eigenvalue weighted by atomic mass is 16.6. The Kier molecular flexibility index (Phi) is 6.92. The molecule has 0 aromatic carbocycles. The quantitative estimate of drug-likeness (QED) is 0.274. The molecule has 0 radical (unpaired) electrons. The standard InChI is InChI=1S/C10H16O3/c1-4-6-9(3)13-10(11)8-12-7-5-2/h5-6H,2,4,7-8H2,1,3H3/b9-6+. The molecule has 0 aliphatic heterocycles. The molecule has 74 valence electrons. The summed E-state index contributed by atoms with van der Waals surface area (Å²) in [7, 11) is 0. The van der Waals surface area contributed by atoms with Crippen molar-refractivity contribution in [2.45, 2.75) is 20.3 Å². The number of esters is 1. The van der Waals surface area contributed by atoms with E-state index in [2.05, 4.69) is 6.58 Å². The smallest absolute Gasteiger partial charge is 0.337 e. The Labute approximate surface area is 79.0 Å². The number of rotatable bonds is 6. The molecule has 0 bridgehead atoms. The van der Waals surface area contributed by atoms with Crippen LogP contribution in [0, 0.1) is 0 Å². The van der Waals surface area contributed by atoms with Crippen LogP contribution in [0.2, 0.25) is 0 Å². The van der Waals surface area contributed by atoms with Gasteiger partial charge in [-0.05, 0) is 19.4 Å². The summed E-state index contributed by atoms with van der Waals surface area (Å²) in [6, 6.07) is 0. The van der Waals surface area contributed by atoms with Gasteiger partial charge in [0.2, 0.25) is 0 Å². The van der Waals surface area contributed by atoms with Gasteiger partial charge in [-0.3, -0.25) is 0 Å². The zero-order chi connectivity index (χ0) is 10.1. The third kappa shape index (κ3) is 7.28. The molecule has 0 atom stereocenters. The molecule has 3 heteroatoms. The topological polar surface area (TPSA) is 35.5 Å². The summed E-state index contributed by atoms with van der Waals surface area (Å²) >= 11 is 0. The highest BCUT2D eigenvalue weighted by Crippen LogP contribution is 1.98. The van der Waals surface area contributed by atoms with E-state index in [0.717, 1.165) is 6.42 Å². The number of ether oxygens (including phenoxy) is 2. The predicted octanol–water partition coefficient (Wildman–Crippen LogP) is 2.05. The summed E-state index contributed by atoms with van der Waals surface area (Å²) in [5.74, 6) is 0.249. The van der Waals surface area contributed by atoms with E-state index in [0.29, 0.717) is 12.4 Å². The van der Waals surface area contributed by atoms with Crippen molar-refractivity contribution in [3.05, 3.63) is 24.5 Å². The molecule has 0 fully saturated rings. The lowest BCUT2D eigenvalue weighted by Gasteiger charge is -2.03. The van der Waals surface area contributed by atoms with Crippen LogP contribution in [0.1, 0.15) is 20.3 Å². The minimum absolute atomic E-state index is 0.0269. The average molecular weight is 184 g/mol. The molecule has 0 unspecified atom stereocenters. The summed E-state index contributed by atoms with van der Waals surface area (Å²) in [6.07, 6.45) is 4.28. The van der Waals surface area contributed by atoms with E-state index in [-0.39, 0.29) is 12.6 Å². The minimum Gasteiger partial charge on any atom is -0.430 e. The highest BCUT2D eigenvalue weighted by molar-refractivity contribution is 5.71. The molecule has 0 aliphatic carbocycles. The molecule has 0 rings (SSSR count). The molecule has 0 amide bonds. The third-order valence-corrected chi connectivity index (χ3v) is 1.22. The van der Waals surface area contributed by atoms with Gasteiger partial charge in [-0.1, -0.05) is 13.0 Å². The van der Waals surface area contributed by atoms with Gasteiger partial charge < -0.3 is 9.47 Å². The van der Waals surface area contributed by atoms with Crippen molar-refractivity contribution in [3.63, 3.8) is 0 Å². The molecular formula is C10H16O3. The van der Waals surface area contributed by atoms with Crippen LogP contribution in [0.25, 0.3) is 0 Å². The Balaban J connectivity index is 3.61. The van der Waals surface area contributed by atoms with E-state index >= 15 is 0 Å². The van der Waals surface area contributed by atoms with Gasteiger partial charge in [0.05, 0.1) is 6.61 Å². The van der Waals surface area contributed by atoms with Gasteiger partial charge >= 0.3 is 5.97 Å². The fraction of sp³-hybridized carbons (Fsp3) is 0.500. The number of carbonyl (C=O) groups is 1. The molecule has 13 heavy (non-hydrogen) atoms. The van der Waals surface area contributed by atoms with E-state index in [4.69, 9.17) is 9.47 Å². The van der Waals surface area contributed by atoms with Crippen molar-refractivity contribution in [1.82, 2.24) is 0 Å². The molecule has 0 spiro atoms. The first-order valence-corrected chi connectivity index (χ1v) is 4.26. The van der Waals surface area contributed by atoms with Crippen LogP contribution < -0.4 is 0 Å². The summed E-state index contributed by atoms with van der Waals surface area (Å²) in [6.45, 7) is 7.52. The van der Waals surface area contributed by atoms with Crippen molar-refractivity contribution < 1.29 is 14.3 Å². The summed E-state index contributed by atoms with van der Waals surface area (Å²) in [5.41, 5.74) is 0. The first kappa shape index (κ1) is 11.9. The Morgan fingerprint density at radius 1 is 1.54 bits per heavy atom. The predicted molar refractivity (Wildman–Crippen MR) is 51.2 cm³/mol. The summed E-state index contributed by atoms with van der Waals surface area (Å²) < 4.78 is 9.80. The van der Waals surface area contributed by atoms with Crippen LogP contribution in [0.4, 0.5) is 0 Å². The second-order valence-electron chi connectivity index (χ2n) is 2.50. The molecule has 0 saturated heterocycles. The van der Waals surface area contributed by atoms with Crippen LogP contribution in [-0.2, 0) is 14.3 Å². The monoisotopic (exact) mass is 184 g/mol. The number of carbonyl (C=O) groups excluding carboxylic acids is 1. The van der Waals surface area contributed by atoms with E-state index in [1.807, 2.05) is 13.0 Å². The van der Waals surface area contributed by atoms with E-state index in [1.54, 1.807) is 13.0 Å². The largest absolute Gasteiger partial charge is 0.430 e. The van der Waals surface area contributed by atoms with Gasteiger partial charge in [0.15, 0.2) is 0 Å². The van der Waals surface area contributed by atoms with E-state index in [1.165, 1.54) is 0 Å². The van der Waals surface area contributed by atoms with Gasteiger partial charge in [0.1, 0.15) is 12.4 Å². The highest BCUT2D eigenvalue weighted by Gasteiger charge is 2.02. The van der Waals surface area contributed by atoms with Crippen molar-refractivity contribution in [1.29, 1.82) is 0 Å². The molecular weight excluding hydrogens is 168 g/mol. The van der Waals surface area contributed by atoms with Gasteiger partial charge in [-0.25, -0.2) is 4.79 Å². The Bertz CT molecular complexity index is 194. The van der Waals surface area contributed by atoms with Gasteiger partial charge in [-0.15, -0.1) is 6.58 Å². The molecule has 3 nitrogen and oxygen atoms in total. The maximum Gasteiger partial charge on any atom is 0.337 e. The molecule has 0 saturated carbocycles. The molecule has 0 aromatic rings. The normalized spacial score (nSPS) is 11.1. The fourth-order valence-corrected chi connectivity index (χ4v) is 0.764. The number of allylic oxidation sites excluding steroid dienone is 2. The molecule has 0 heterocycles. The molecule has 0 aromatic heterocycles. The van der Waals surface area contributed by atoms with Gasteiger partial charge in [0.25, 0.3) is 0 Å². The molecule has 0 aliphatic rings. The number of hydrogen-bond acceptors (Lipinski definition) is 3. The Morgan fingerprint density at radius 3 is 2.77 bits per heavy atom. The van der Waals surface area contributed by atoms with Crippen LogP contribution in [0.3, 0.4) is 0 Å². The maximum atomic E-state index is 11.0. The van der Waals surface area contributed by atoms with Crippen LogP contribution in [-0.4, -0.2) is 19.2 Å². The van der Waals surface area contributed by atoms with E-state index < -0.39 is 0 Å². The third-order valence-electron chi connectivity index (χ3n) is 1.22. The minimum atomic E-state index is -0.371. The lowest BCUT2D eigenvalue weighted by atomic mass is 10.4. The fourth-order valence-electron chi connectivity index (χ4n) is 0.764. The summed E-state index contributed by atoms with van der Waals surface area (Å²) in [4.78, 5) is 11.0.